The molecule has 0 N–H and O–H groups in total. The standard InChI is InChI=1S/C21H33NO3/c1-4-24-21(23)14-7-17-5-8-18(9-6-17)19-10-12-20(13-11-19)25-16-15-22(2)3/h10-13,17-18H,4-9,14-16H2,1-3H3. The van der Waals surface area contributed by atoms with Crippen LogP contribution in [0.15, 0.2) is 24.3 Å². The number of esters is 1. The zero-order valence-corrected chi connectivity index (χ0v) is 16.0. The van der Waals surface area contributed by atoms with Crippen LogP contribution in [0.4, 0.5) is 0 Å². The Hall–Kier alpha value is -1.55. The van der Waals surface area contributed by atoms with Crippen LogP contribution in [0.2, 0.25) is 0 Å². The number of nitrogens with zero attached hydrogens (tertiary/aromatic N) is 1. The van der Waals surface area contributed by atoms with Gasteiger partial charge in [0.05, 0.1) is 6.61 Å². The van der Waals surface area contributed by atoms with E-state index in [-0.39, 0.29) is 5.97 Å². The van der Waals surface area contributed by atoms with Crippen molar-refractivity contribution in [3.63, 3.8) is 0 Å². The zero-order valence-electron chi connectivity index (χ0n) is 16.0. The van der Waals surface area contributed by atoms with Crippen molar-refractivity contribution in [2.75, 3.05) is 33.9 Å². The lowest BCUT2D eigenvalue weighted by atomic mass is 9.77. The second kappa shape index (κ2) is 10.4. The number of carbonyl (C=O) groups excluding carboxylic acids is 1. The minimum absolute atomic E-state index is 0.0468. The lowest BCUT2D eigenvalue weighted by Gasteiger charge is -2.28. The minimum Gasteiger partial charge on any atom is -0.492 e. The largest absolute Gasteiger partial charge is 0.492 e. The maximum atomic E-state index is 11.5. The molecule has 4 nitrogen and oxygen atoms in total. The van der Waals surface area contributed by atoms with E-state index in [0.717, 1.165) is 25.3 Å². The molecule has 0 heterocycles. The lowest BCUT2D eigenvalue weighted by Crippen LogP contribution is -2.19. The van der Waals surface area contributed by atoms with E-state index in [0.29, 0.717) is 24.9 Å². The average Bonchev–Trinajstić information content (AvgIpc) is 2.61. The molecule has 0 aromatic heterocycles. The summed E-state index contributed by atoms with van der Waals surface area (Å²) in [6.45, 7) is 4.00. The summed E-state index contributed by atoms with van der Waals surface area (Å²) in [5.74, 6) is 2.23. The van der Waals surface area contributed by atoms with Crippen molar-refractivity contribution >= 4 is 5.97 Å². The van der Waals surface area contributed by atoms with Crippen molar-refractivity contribution in [3.8, 4) is 5.75 Å². The topological polar surface area (TPSA) is 38.8 Å². The fraction of sp³-hybridized carbons (Fsp3) is 0.667. The molecule has 1 aromatic rings. The molecule has 1 aromatic carbocycles. The number of likely N-dealkylation sites (N-methyl/N-ethyl adjacent to an activating group) is 1. The molecule has 0 saturated heterocycles. The van der Waals surface area contributed by atoms with Crippen molar-refractivity contribution in [3.05, 3.63) is 29.8 Å². The van der Waals surface area contributed by atoms with Crippen LogP contribution in [0.5, 0.6) is 5.75 Å². The van der Waals surface area contributed by atoms with Gasteiger partial charge in [0.2, 0.25) is 0 Å². The van der Waals surface area contributed by atoms with Crippen LogP contribution < -0.4 is 4.74 Å². The van der Waals surface area contributed by atoms with Gasteiger partial charge in [-0.3, -0.25) is 4.79 Å². The molecule has 0 amide bonds. The molecule has 1 saturated carbocycles. The summed E-state index contributed by atoms with van der Waals surface area (Å²) >= 11 is 0. The van der Waals surface area contributed by atoms with Crippen LogP contribution in [0.25, 0.3) is 0 Å². The number of hydrogen-bond donors (Lipinski definition) is 0. The van der Waals surface area contributed by atoms with E-state index in [9.17, 15) is 4.79 Å². The van der Waals surface area contributed by atoms with Gasteiger partial charge in [0.25, 0.3) is 0 Å². The first-order valence-corrected chi connectivity index (χ1v) is 9.61. The van der Waals surface area contributed by atoms with E-state index in [1.54, 1.807) is 0 Å². The molecule has 0 atom stereocenters. The molecular formula is C21H33NO3. The SMILES string of the molecule is CCOC(=O)CCC1CCC(c2ccc(OCCN(C)C)cc2)CC1. The van der Waals surface area contributed by atoms with Gasteiger partial charge in [0.1, 0.15) is 12.4 Å². The van der Waals surface area contributed by atoms with E-state index in [1.807, 2.05) is 6.92 Å². The number of rotatable bonds is 9. The summed E-state index contributed by atoms with van der Waals surface area (Å²) in [4.78, 5) is 13.6. The van der Waals surface area contributed by atoms with Crippen LogP contribution in [0.1, 0.15) is 56.9 Å². The Bertz CT molecular complexity index is 504. The van der Waals surface area contributed by atoms with Crippen LogP contribution in [-0.2, 0) is 9.53 Å². The number of ether oxygens (including phenoxy) is 2. The second-order valence-electron chi connectivity index (χ2n) is 7.28. The summed E-state index contributed by atoms with van der Waals surface area (Å²) < 4.78 is 10.8. The number of carbonyl (C=O) groups is 1. The molecule has 1 aliphatic carbocycles. The van der Waals surface area contributed by atoms with Gasteiger partial charge in [-0.15, -0.1) is 0 Å². The summed E-state index contributed by atoms with van der Waals surface area (Å²) in [5.41, 5.74) is 1.42. The quantitative estimate of drug-likeness (QED) is 0.626. The third-order valence-electron chi connectivity index (χ3n) is 5.07. The normalized spacial score (nSPS) is 20.5. The van der Waals surface area contributed by atoms with E-state index < -0.39 is 0 Å². The Kier molecular flexibility index (Phi) is 8.26. The maximum Gasteiger partial charge on any atom is 0.305 e. The van der Waals surface area contributed by atoms with Crippen LogP contribution in [0, 0.1) is 5.92 Å². The zero-order chi connectivity index (χ0) is 18.1. The molecule has 0 radical (unpaired) electrons. The molecule has 0 aliphatic heterocycles. The molecule has 0 bridgehead atoms. The highest BCUT2D eigenvalue weighted by Gasteiger charge is 2.23. The first-order valence-electron chi connectivity index (χ1n) is 9.61. The molecule has 4 heteroatoms. The fourth-order valence-electron chi connectivity index (χ4n) is 3.52. The van der Waals surface area contributed by atoms with Gasteiger partial charge >= 0.3 is 5.97 Å². The van der Waals surface area contributed by atoms with Gasteiger partial charge < -0.3 is 14.4 Å². The first-order chi connectivity index (χ1) is 12.1. The molecule has 0 unspecified atom stereocenters. The highest BCUT2D eigenvalue weighted by Crippen LogP contribution is 2.37. The van der Waals surface area contributed by atoms with Crippen LogP contribution in [0.3, 0.4) is 0 Å². The Morgan fingerprint density at radius 2 is 1.80 bits per heavy atom. The third kappa shape index (κ3) is 7.07. The Morgan fingerprint density at radius 3 is 2.40 bits per heavy atom. The lowest BCUT2D eigenvalue weighted by molar-refractivity contribution is -0.143. The summed E-state index contributed by atoms with van der Waals surface area (Å²) in [5, 5.41) is 0. The van der Waals surface area contributed by atoms with Gasteiger partial charge in [0.15, 0.2) is 0 Å². The van der Waals surface area contributed by atoms with E-state index in [1.165, 1.54) is 31.2 Å². The summed E-state index contributed by atoms with van der Waals surface area (Å²) in [6.07, 6.45) is 6.41. The average molecular weight is 347 g/mol. The van der Waals surface area contributed by atoms with Gasteiger partial charge in [-0.2, -0.15) is 0 Å². The number of hydrogen-bond acceptors (Lipinski definition) is 4. The maximum absolute atomic E-state index is 11.5. The fourth-order valence-corrected chi connectivity index (χ4v) is 3.52. The smallest absolute Gasteiger partial charge is 0.305 e. The third-order valence-corrected chi connectivity index (χ3v) is 5.07. The molecule has 1 aliphatic rings. The van der Waals surface area contributed by atoms with Crippen molar-refractivity contribution < 1.29 is 14.3 Å². The highest BCUT2D eigenvalue weighted by molar-refractivity contribution is 5.69. The number of benzene rings is 1. The highest BCUT2D eigenvalue weighted by atomic mass is 16.5. The predicted octanol–water partition coefficient (Wildman–Crippen LogP) is 4.24. The molecule has 0 spiro atoms. The van der Waals surface area contributed by atoms with E-state index in [4.69, 9.17) is 9.47 Å². The van der Waals surface area contributed by atoms with Crippen LogP contribution in [-0.4, -0.2) is 44.7 Å². The van der Waals surface area contributed by atoms with Gasteiger partial charge in [-0.05, 0) is 82.7 Å². The first kappa shape index (κ1) is 19.8. The molecular weight excluding hydrogens is 314 g/mol. The predicted molar refractivity (Wildman–Crippen MR) is 101 cm³/mol. The van der Waals surface area contributed by atoms with Gasteiger partial charge in [-0.25, -0.2) is 0 Å². The van der Waals surface area contributed by atoms with Crippen molar-refractivity contribution in [2.45, 2.75) is 51.4 Å². The van der Waals surface area contributed by atoms with Crippen molar-refractivity contribution in [1.29, 1.82) is 0 Å². The van der Waals surface area contributed by atoms with Crippen molar-refractivity contribution in [1.82, 2.24) is 4.90 Å². The Balaban J connectivity index is 1.72. The molecule has 1 fully saturated rings. The molecule has 25 heavy (non-hydrogen) atoms. The Labute approximate surface area is 152 Å². The monoisotopic (exact) mass is 347 g/mol. The van der Waals surface area contributed by atoms with Gasteiger partial charge in [0, 0.05) is 13.0 Å². The van der Waals surface area contributed by atoms with Gasteiger partial charge in [-0.1, -0.05) is 12.1 Å². The van der Waals surface area contributed by atoms with E-state index in [2.05, 4.69) is 43.3 Å². The minimum atomic E-state index is -0.0468. The molecule has 2 rings (SSSR count). The van der Waals surface area contributed by atoms with Crippen molar-refractivity contribution in [2.24, 2.45) is 5.92 Å². The summed E-state index contributed by atoms with van der Waals surface area (Å²) in [6, 6.07) is 8.62. The Morgan fingerprint density at radius 1 is 1.12 bits per heavy atom. The molecule has 140 valence electrons. The summed E-state index contributed by atoms with van der Waals surface area (Å²) in [7, 11) is 4.10. The van der Waals surface area contributed by atoms with E-state index >= 15 is 0 Å². The van der Waals surface area contributed by atoms with Crippen LogP contribution >= 0.6 is 0 Å². The second-order valence-corrected chi connectivity index (χ2v) is 7.28.